The second kappa shape index (κ2) is 5.34. The zero-order valence-electron chi connectivity index (χ0n) is 11.9. The zero-order valence-corrected chi connectivity index (χ0v) is 11.9. The quantitative estimate of drug-likeness (QED) is 0.825. The van der Waals surface area contributed by atoms with E-state index in [2.05, 4.69) is 16.8 Å². The Labute approximate surface area is 117 Å². The van der Waals surface area contributed by atoms with Crippen molar-refractivity contribution >= 4 is 5.65 Å². The molecule has 0 aromatic carbocycles. The maximum absolute atomic E-state index is 12.2. The third-order valence-electron chi connectivity index (χ3n) is 3.81. The predicted molar refractivity (Wildman–Crippen MR) is 76.9 cm³/mol. The van der Waals surface area contributed by atoms with Gasteiger partial charge in [0.15, 0.2) is 0 Å². The Hall–Kier alpha value is -1.72. The maximum Gasteiger partial charge on any atom is 0.258 e. The van der Waals surface area contributed by atoms with E-state index in [0.717, 1.165) is 36.7 Å². The van der Waals surface area contributed by atoms with Crippen LogP contribution in [0.25, 0.3) is 5.65 Å². The molecule has 0 amide bonds. The lowest BCUT2D eigenvalue weighted by atomic mass is 10.2. The third-order valence-corrected chi connectivity index (χ3v) is 3.81. The van der Waals surface area contributed by atoms with Gasteiger partial charge in [-0.15, -0.1) is 0 Å². The third kappa shape index (κ3) is 2.46. The molecule has 1 saturated heterocycles. The topological polar surface area (TPSA) is 46.8 Å². The van der Waals surface area contributed by atoms with Crippen molar-refractivity contribution in [3.63, 3.8) is 0 Å². The molecule has 0 radical (unpaired) electrons. The van der Waals surface area contributed by atoms with Crippen LogP contribution in [0.15, 0.2) is 29.2 Å². The highest BCUT2D eigenvalue weighted by molar-refractivity contribution is 5.46. The van der Waals surface area contributed by atoms with Crippen molar-refractivity contribution < 1.29 is 4.74 Å². The summed E-state index contributed by atoms with van der Waals surface area (Å²) in [5.74, 6) is 0. The van der Waals surface area contributed by atoms with Crippen molar-refractivity contribution in [2.75, 3.05) is 19.8 Å². The van der Waals surface area contributed by atoms with E-state index in [1.807, 2.05) is 19.1 Å². The molecule has 0 bridgehead atoms. The van der Waals surface area contributed by atoms with Gasteiger partial charge >= 0.3 is 0 Å². The Morgan fingerprint density at radius 3 is 3.15 bits per heavy atom. The van der Waals surface area contributed by atoms with Crippen molar-refractivity contribution in [2.45, 2.75) is 26.4 Å². The number of rotatable bonds is 2. The minimum Gasteiger partial charge on any atom is -0.379 e. The van der Waals surface area contributed by atoms with E-state index in [0.29, 0.717) is 12.6 Å². The Morgan fingerprint density at radius 1 is 1.50 bits per heavy atom. The lowest BCUT2D eigenvalue weighted by Gasteiger charge is -2.32. The molecule has 2 aromatic heterocycles. The van der Waals surface area contributed by atoms with Gasteiger partial charge in [0.1, 0.15) is 5.65 Å². The van der Waals surface area contributed by atoms with E-state index < -0.39 is 0 Å². The molecule has 0 unspecified atom stereocenters. The highest BCUT2D eigenvalue weighted by atomic mass is 16.5. The number of fused-ring (bicyclic) bond motifs is 1. The molecule has 3 heterocycles. The van der Waals surface area contributed by atoms with Crippen molar-refractivity contribution in [1.29, 1.82) is 0 Å². The molecular weight excluding hydrogens is 254 g/mol. The standard InChI is InChI=1S/C15H19N3O2/c1-11-4-3-5-18-14(19)8-13(16-15(11)18)9-17-6-7-20-10-12(17)2/h3-5,8,12H,6-7,9-10H2,1-2H3/t12-/m0/s1. The van der Waals surface area contributed by atoms with Crippen LogP contribution >= 0.6 is 0 Å². The van der Waals surface area contributed by atoms with E-state index in [4.69, 9.17) is 4.74 Å². The van der Waals surface area contributed by atoms with Crippen LogP contribution in [-0.4, -0.2) is 40.1 Å². The molecular formula is C15H19N3O2. The van der Waals surface area contributed by atoms with Crippen LogP contribution in [0.1, 0.15) is 18.2 Å². The number of nitrogens with zero attached hydrogens (tertiary/aromatic N) is 3. The first-order chi connectivity index (χ1) is 9.65. The monoisotopic (exact) mass is 273 g/mol. The van der Waals surface area contributed by atoms with Crippen molar-refractivity contribution in [2.24, 2.45) is 0 Å². The fraction of sp³-hybridized carbons (Fsp3) is 0.467. The van der Waals surface area contributed by atoms with Gasteiger partial charge in [-0.05, 0) is 25.5 Å². The van der Waals surface area contributed by atoms with Gasteiger partial charge in [-0.3, -0.25) is 14.1 Å². The molecule has 1 aliphatic heterocycles. The van der Waals surface area contributed by atoms with Crippen molar-refractivity contribution in [1.82, 2.24) is 14.3 Å². The summed E-state index contributed by atoms with van der Waals surface area (Å²) in [6, 6.07) is 5.84. The van der Waals surface area contributed by atoms with Crippen LogP contribution < -0.4 is 5.56 Å². The van der Waals surface area contributed by atoms with Crippen molar-refractivity contribution in [3.05, 3.63) is 46.0 Å². The van der Waals surface area contributed by atoms with Crippen LogP contribution in [0.4, 0.5) is 0 Å². The first-order valence-corrected chi connectivity index (χ1v) is 6.95. The summed E-state index contributed by atoms with van der Waals surface area (Å²) < 4.78 is 7.03. The average Bonchev–Trinajstić information content (AvgIpc) is 2.43. The van der Waals surface area contributed by atoms with E-state index in [1.54, 1.807) is 16.7 Å². The van der Waals surface area contributed by atoms with Crippen molar-refractivity contribution in [3.8, 4) is 0 Å². The highest BCUT2D eigenvalue weighted by Crippen LogP contribution is 2.11. The predicted octanol–water partition coefficient (Wildman–Crippen LogP) is 1.22. The lowest BCUT2D eigenvalue weighted by Crippen LogP contribution is -2.43. The van der Waals surface area contributed by atoms with Crippen LogP contribution in [0.3, 0.4) is 0 Å². The number of ether oxygens (including phenoxy) is 1. The van der Waals surface area contributed by atoms with Gasteiger partial charge in [-0.2, -0.15) is 0 Å². The number of morpholine rings is 1. The summed E-state index contributed by atoms with van der Waals surface area (Å²) in [6.07, 6.45) is 1.76. The lowest BCUT2D eigenvalue weighted by molar-refractivity contribution is -0.00490. The van der Waals surface area contributed by atoms with E-state index in [1.165, 1.54) is 0 Å². The SMILES string of the molecule is Cc1cccn2c(=O)cc(CN3CCOC[C@@H]3C)nc12. The summed E-state index contributed by atoms with van der Waals surface area (Å²) in [4.78, 5) is 19.1. The fourth-order valence-corrected chi connectivity index (χ4v) is 2.59. The molecule has 1 aliphatic rings. The summed E-state index contributed by atoms with van der Waals surface area (Å²) in [7, 11) is 0. The minimum absolute atomic E-state index is 0.0189. The van der Waals surface area contributed by atoms with Crippen LogP contribution in [0, 0.1) is 6.92 Å². The van der Waals surface area contributed by atoms with Gasteiger partial charge < -0.3 is 4.74 Å². The molecule has 1 atom stereocenters. The van der Waals surface area contributed by atoms with E-state index in [9.17, 15) is 4.79 Å². The van der Waals surface area contributed by atoms with E-state index in [-0.39, 0.29) is 5.56 Å². The van der Waals surface area contributed by atoms with Gasteiger partial charge in [-0.25, -0.2) is 4.98 Å². The summed E-state index contributed by atoms with van der Waals surface area (Å²) in [5, 5.41) is 0. The molecule has 0 aliphatic carbocycles. The smallest absolute Gasteiger partial charge is 0.258 e. The molecule has 20 heavy (non-hydrogen) atoms. The molecule has 5 nitrogen and oxygen atoms in total. The van der Waals surface area contributed by atoms with Gasteiger partial charge in [0.05, 0.1) is 18.9 Å². The Morgan fingerprint density at radius 2 is 2.35 bits per heavy atom. The maximum atomic E-state index is 12.2. The van der Waals surface area contributed by atoms with Crippen LogP contribution in [0.2, 0.25) is 0 Å². The Kier molecular flexibility index (Phi) is 3.54. The number of pyridine rings is 1. The Bertz CT molecular complexity index is 680. The molecule has 2 aromatic rings. The normalized spacial score (nSPS) is 20.4. The second-order valence-electron chi connectivity index (χ2n) is 5.36. The highest BCUT2D eigenvalue weighted by Gasteiger charge is 2.19. The fourth-order valence-electron chi connectivity index (χ4n) is 2.59. The van der Waals surface area contributed by atoms with E-state index >= 15 is 0 Å². The first-order valence-electron chi connectivity index (χ1n) is 6.95. The average molecular weight is 273 g/mol. The molecule has 5 heteroatoms. The summed E-state index contributed by atoms with van der Waals surface area (Å²) >= 11 is 0. The molecule has 3 rings (SSSR count). The van der Waals surface area contributed by atoms with Gasteiger partial charge in [0.2, 0.25) is 0 Å². The van der Waals surface area contributed by atoms with Crippen LogP contribution in [-0.2, 0) is 11.3 Å². The molecule has 106 valence electrons. The summed E-state index contributed by atoms with van der Waals surface area (Å²) in [6.45, 7) is 7.18. The molecule has 0 saturated carbocycles. The van der Waals surface area contributed by atoms with Crippen LogP contribution in [0.5, 0.6) is 0 Å². The first kappa shape index (κ1) is 13.3. The molecule has 1 fully saturated rings. The second-order valence-corrected chi connectivity index (χ2v) is 5.36. The number of aromatic nitrogens is 2. The zero-order chi connectivity index (χ0) is 14.1. The van der Waals surface area contributed by atoms with Gasteiger partial charge in [-0.1, -0.05) is 6.07 Å². The Balaban J connectivity index is 1.96. The number of hydrogen-bond donors (Lipinski definition) is 0. The number of hydrogen-bond acceptors (Lipinski definition) is 4. The largest absolute Gasteiger partial charge is 0.379 e. The number of aryl methyl sites for hydroxylation is 1. The van der Waals surface area contributed by atoms with Gasteiger partial charge in [0, 0.05) is 31.4 Å². The van der Waals surface area contributed by atoms with Gasteiger partial charge in [0.25, 0.3) is 5.56 Å². The molecule has 0 spiro atoms. The molecule has 0 N–H and O–H groups in total. The minimum atomic E-state index is -0.0189. The summed E-state index contributed by atoms with van der Waals surface area (Å²) in [5.41, 5.74) is 2.57.